The van der Waals surface area contributed by atoms with Crippen LogP contribution in [0, 0.1) is 0 Å². The molecule has 0 saturated heterocycles. The van der Waals surface area contributed by atoms with E-state index in [1.165, 1.54) is 0 Å². The van der Waals surface area contributed by atoms with Gasteiger partial charge in [0.25, 0.3) is 0 Å². The van der Waals surface area contributed by atoms with Crippen molar-refractivity contribution in [2.24, 2.45) is 5.73 Å². The first-order chi connectivity index (χ1) is 5.27. The van der Waals surface area contributed by atoms with Gasteiger partial charge >= 0.3 is 0 Å². The summed E-state index contributed by atoms with van der Waals surface area (Å²) in [7, 11) is 0. The number of primary amides is 1. The molecule has 0 fully saturated rings. The molecular weight excluding hydrogens is 142 g/mol. The van der Waals surface area contributed by atoms with Crippen molar-refractivity contribution in [3.05, 3.63) is 0 Å². The Bertz CT molecular complexity index is 123. The van der Waals surface area contributed by atoms with Gasteiger partial charge in [-0.1, -0.05) is 12.8 Å². The van der Waals surface area contributed by atoms with Crippen molar-refractivity contribution in [3.8, 4) is 0 Å². The lowest BCUT2D eigenvalue weighted by molar-refractivity contribution is -0.118. The minimum Gasteiger partial charge on any atom is -0.370 e. The van der Waals surface area contributed by atoms with E-state index >= 15 is 0 Å². The Morgan fingerprint density at radius 3 is 2.36 bits per heavy atom. The molecule has 0 saturated carbocycles. The molecule has 0 heterocycles. The van der Waals surface area contributed by atoms with E-state index in [4.69, 9.17) is 5.73 Å². The molecule has 0 rings (SSSR count). The highest BCUT2D eigenvalue weighted by atomic mass is 16.1. The summed E-state index contributed by atoms with van der Waals surface area (Å²) < 4.78 is 0. The number of unbranched alkanes of at least 4 members (excludes halogenated alkanes) is 4. The van der Waals surface area contributed by atoms with E-state index in [0.717, 1.165) is 25.7 Å². The smallest absolute Gasteiger partial charge is 0.217 e. The molecule has 0 aliphatic heterocycles. The van der Waals surface area contributed by atoms with Crippen LogP contribution in [0.5, 0.6) is 0 Å². The Kier molecular flexibility index (Phi) is 6.68. The van der Waals surface area contributed by atoms with Crippen molar-refractivity contribution in [1.82, 2.24) is 0 Å². The number of hydrogen-bond donors (Lipinski definition) is 1. The van der Waals surface area contributed by atoms with Crippen LogP contribution in [0.25, 0.3) is 0 Å². The highest BCUT2D eigenvalue weighted by Crippen LogP contribution is 2.03. The SMILES string of the molecule is NC(=O)CCCCCC[C]=O. The van der Waals surface area contributed by atoms with Crippen LogP contribution in [-0.2, 0) is 9.59 Å². The van der Waals surface area contributed by atoms with Crippen molar-refractivity contribution < 1.29 is 9.59 Å². The van der Waals surface area contributed by atoms with Crippen molar-refractivity contribution in [1.29, 1.82) is 0 Å². The molecule has 0 spiro atoms. The summed E-state index contributed by atoms with van der Waals surface area (Å²) >= 11 is 0. The molecule has 0 bridgehead atoms. The third-order valence-electron chi connectivity index (χ3n) is 1.45. The monoisotopic (exact) mass is 156 g/mol. The van der Waals surface area contributed by atoms with Gasteiger partial charge in [0.1, 0.15) is 0 Å². The maximum Gasteiger partial charge on any atom is 0.217 e. The van der Waals surface area contributed by atoms with Crippen molar-refractivity contribution in [2.75, 3.05) is 0 Å². The molecule has 3 nitrogen and oxygen atoms in total. The summed E-state index contributed by atoms with van der Waals surface area (Å²) in [6.45, 7) is 0. The van der Waals surface area contributed by atoms with Gasteiger partial charge in [0.05, 0.1) is 0 Å². The van der Waals surface area contributed by atoms with Gasteiger partial charge in [-0.3, -0.25) is 9.59 Å². The van der Waals surface area contributed by atoms with Crippen LogP contribution < -0.4 is 5.73 Å². The fraction of sp³-hybridized carbons (Fsp3) is 0.750. The van der Waals surface area contributed by atoms with Crippen LogP contribution in [0.4, 0.5) is 0 Å². The van der Waals surface area contributed by atoms with Crippen molar-refractivity contribution >= 4 is 12.2 Å². The Morgan fingerprint density at radius 2 is 1.82 bits per heavy atom. The minimum absolute atomic E-state index is 0.244. The Hall–Kier alpha value is -0.860. The summed E-state index contributed by atoms with van der Waals surface area (Å²) in [6, 6.07) is 0. The zero-order valence-electron chi connectivity index (χ0n) is 6.64. The highest BCUT2D eigenvalue weighted by Gasteiger charge is 1.93. The molecule has 0 atom stereocenters. The normalized spacial score (nSPS) is 9.45. The second-order valence-electron chi connectivity index (χ2n) is 2.52. The van der Waals surface area contributed by atoms with Gasteiger partial charge in [-0.05, 0) is 12.8 Å². The third-order valence-corrected chi connectivity index (χ3v) is 1.45. The molecule has 2 N–H and O–H groups in total. The Balaban J connectivity index is 2.90. The van der Waals surface area contributed by atoms with Crippen LogP contribution in [0.1, 0.15) is 38.5 Å². The topological polar surface area (TPSA) is 60.2 Å². The van der Waals surface area contributed by atoms with Gasteiger partial charge in [0.15, 0.2) is 6.29 Å². The van der Waals surface area contributed by atoms with E-state index in [-0.39, 0.29) is 5.91 Å². The number of hydrogen-bond acceptors (Lipinski definition) is 2. The van der Waals surface area contributed by atoms with E-state index < -0.39 is 0 Å². The number of carbonyl (C=O) groups is 1. The van der Waals surface area contributed by atoms with Gasteiger partial charge < -0.3 is 5.73 Å². The molecule has 1 amide bonds. The summed E-state index contributed by atoms with van der Waals surface area (Å²) in [6.07, 6.45) is 6.48. The van der Waals surface area contributed by atoms with E-state index in [0.29, 0.717) is 12.8 Å². The average molecular weight is 156 g/mol. The Labute approximate surface area is 67.0 Å². The number of amides is 1. The van der Waals surface area contributed by atoms with E-state index in [9.17, 15) is 9.59 Å². The van der Waals surface area contributed by atoms with Gasteiger partial charge in [0.2, 0.25) is 5.91 Å². The molecule has 0 aliphatic carbocycles. The number of nitrogens with two attached hydrogens (primary N) is 1. The largest absolute Gasteiger partial charge is 0.370 e. The average Bonchev–Trinajstić information content (AvgIpc) is 1.96. The minimum atomic E-state index is -0.244. The molecule has 0 aromatic carbocycles. The zero-order valence-corrected chi connectivity index (χ0v) is 6.64. The molecule has 3 heteroatoms. The van der Waals surface area contributed by atoms with Gasteiger partial charge in [-0.25, -0.2) is 0 Å². The first kappa shape index (κ1) is 10.1. The lowest BCUT2D eigenvalue weighted by atomic mass is 10.1. The van der Waals surface area contributed by atoms with Crippen LogP contribution in [0.2, 0.25) is 0 Å². The quantitative estimate of drug-likeness (QED) is 0.557. The molecular formula is C8H14NO2. The molecule has 0 unspecified atom stereocenters. The molecule has 0 aromatic rings. The third kappa shape index (κ3) is 9.14. The summed E-state index contributed by atoms with van der Waals surface area (Å²) in [5, 5.41) is 0. The first-order valence-electron chi connectivity index (χ1n) is 3.90. The van der Waals surface area contributed by atoms with Gasteiger partial charge in [-0.2, -0.15) is 0 Å². The van der Waals surface area contributed by atoms with Crippen molar-refractivity contribution in [3.63, 3.8) is 0 Å². The fourth-order valence-electron chi connectivity index (χ4n) is 0.850. The van der Waals surface area contributed by atoms with Crippen LogP contribution >= 0.6 is 0 Å². The maximum atomic E-state index is 10.2. The van der Waals surface area contributed by atoms with Gasteiger partial charge in [0, 0.05) is 12.8 Å². The van der Waals surface area contributed by atoms with Gasteiger partial charge in [-0.15, -0.1) is 0 Å². The van der Waals surface area contributed by atoms with E-state index in [1.807, 2.05) is 6.29 Å². The van der Waals surface area contributed by atoms with Crippen LogP contribution in [-0.4, -0.2) is 12.2 Å². The first-order valence-corrected chi connectivity index (χ1v) is 3.90. The second kappa shape index (κ2) is 7.25. The predicted molar refractivity (Wildman–Crippen MR) is 42.6 cm³/mol. The summed E-state index contributed by atoms with van der Waals surface area (Å²) in [5.41, 5.74) is 4.93. The molecule has 11 heavy (non-hydrogen) atoms. The fourth-order valence-corrected chi connectivity index (χ4v) is 0.850. The van der Waals surface area contributed by atoms with Crippen LogP contribution in [0.15, 0.2) is 0 Å². The summed E-state index contributed by atoms with van der Waals surface area (Å²) in [4.78, 5) is 20.0. The highest BCUT2D eigenvalue weighted by molar-refractivity contribution is 5.73. The molecule has 0 aliphatic rings. The molecule has 1 radical (unpaired) electrons. The Morgan fingerprint density at radius 1 is 1.18 bits per heavy atom. The second-order valence-corrected chi connectivity index (χ2v) is 2.52. The molecule has 63 valence electrons. The standard InChI is InChI=1S/C8H14NO2/c9-8(11)6-4-2-1-3-5-7-10/h1-6H2,(H2,9,11). The number of rotatable bonds is 7. The summed E-state index contributed by atoms with van der Waals surface area (Å²) in [5.74, 6) is -0.244. The zero-order chi connectivity index (χ0) is 8.53. The van der Waals surface area contributed by atoms with Crippen molar-refractivity contribution in [2.45, 2.75) is 38.5 Å². The van der Waals surface area contributed by atoms with Crippen LogP contribution in [0.3, 0.4) is 0 Å². The van der Waals surface area contributed by atoms with E-state index in [2.05, 4.69) is 0 Å². The predicted octanol–water partition coefficient (Wildman–Crippen LogP) is 0.922. The lowest BCUT2D eigenvalue weighted by Gasteiger charge is -1.95. The lowest BCUT2D eigenvalue weighted by Crippen LogP contribution is -2.09. The molecule has 0 aromatic heterocycles. The maximum absolute atomic E-state index is 10.2. The van der Waals surface area contributed by atoms with E-state index in [1.54, 1.807) is 0 Å². The number of carbonyl (C=O) groups excluding carboxylic acids is 2.